The number of aromatic nitrogens is 2. The lowest BCUT2D eigenvalue weighted by molar-refractivity contribution is 0.532. The van der Waals surface area contributed by atoms with Gasteiger partial charge >= 0.3 is 0 Å². The lowest BCUT2D eigenvalue weighted by atomic mass is 10.1. The standard InChI is InChI=1S/C12H13ClFN3/c1-7(2)17-6-8(5-16-17)9-3-4-10(15)12(14)11(9)13/h3-7H,15H2,1-2H3. The minimum atomic E-state index is -0.582. The number of hydrogen-bond acceptors (Lipinski definition) is 2. The molecule has 0 fully saturated rings. The second kappa shape index (κ2) is 4.37. The molecule has 0 aliphatic carbocycles. The highest BCUT2D eigenvalue weighted by Crippen LogP contribution is 2.32. The van der Waals surface area contributed by atoms with Crippen molar-refractivity contribution in [3.63, 3.8) is 0 Å². The fourth-order valence-electron chi connectivity index (χ4n) is 1.55. The van der Waals surface area contributed by atoms with Gasteiger partial charge in [-0.05, 0) is 19.9 Å². The Hall–Kier alpha value is -1.55. The summed E-state index contributed by atoms with van der Waals surface area (Å²) in [7, 11) is 0. The zero-order valence-corrected chi connectivity index (χ0v) is 10.4. The van der Waals surface area contributed by atoms with Crippen molar-refractivity contribution in [1.29, 1.82) is 0 Å². The minimum absolute atomic E-state index is 0.0355. The van der Waals surface area contributed by atoms with E-state index in [-0.39, 0.29) is 16.8 Å². The predicted octanol–water partition coefficient (Wildman–Crippen LogP) is 3.51. The van der Waals surface area contributed by atoms with E-state index < -0.39 is 5.82 Å². The monoisotopic (exact) mass is 253 g/mol. The zero-order valence-electron chi connectivity index (χ0n) is 9.61. The molecule has 90 valence electrons. The Kier molecular flexibility index (Phi) is 3.07. The average molecular weight is 254 g/mol. The first-order valence-electron chi connectivity index (χ1n) is 5.28. The van der Waals surface area contributed by atoms with Crippen LogP contribution >= 0.6 is 11.6 Å². The second-order valence-electron chi connectivity index (χ2n) is 4.13. The maximum Gasteiger partial charge on any atom is 0.165 e. The van der Waals surface area contributed by atoms with Crippen molar-refractivity contribution < 1.29 is 4.39 Å². The topological polar surface area (TPSA) is 43.8 Å². The van der Waals surface area contributed by atoms with Crippen molar-refractivity contribution in [1.82, 2.24) is 9.78 Å². The summed E-state index contributed by atoms with van der Waals surface area (Å²) in [5.41, 5.74) is 6.87. The molecule has 0 bridgehead atoms. The number of hydrogen-bond donors (Lipinski definition) is 1. The van der Waals surface area contributed by atoms with Gasteiger partial charge in [-0.2, -0.15) is 5.10 Å². The third-order valence-electron chi connectivity index (χ3n) is 2.55. The third kappa shape index (κ3) is 2.13. The molecule has 0 aliphatic rings. The molecule has 0 spiro atoms. The smallest absolute Gasteiger partial charge is 0.165 e. The normalized spacial score (nSPS) is 11.1. The molecule has 3 nitrogen and oxygen atoms in total. The van der Waals surface area contributed by atoms with Crippen LogP contribution < -0.4 is 5.73 Å². The molecular weight excluding hydrogens is 241 g/mol. The van der Waals surface area contributed by atoms with Crippen molar-refractivity contribution >= 4 is 17.3 Å². The van der Waals surface area contributed by atoms with E-state index in [0.29, 0.717) is 5.56 Å². The third-order valence-corrected chi connectivity index (χ3v) is 2.92. The summed E-state index contributed by atoms with van der Waals surface area (Å²) in [5.74, 6) is -0.582. The first-order chi connectivity index (χ1) is 8.00. The van der Waals surface area contributed by atoms with Crippen molar-refractivity contribution in [3.05, 3.63) is 35.4 Å². The van der Waals surface area contributed by atoms with Gasteiger partial charge < -0.3 is 5.73 Å². The van der Waals surface area contributed by atoms with Crippen LogP contribution in [0.5, 0.6) is 0 Å². The molecule has 0 atom stereocenters. The summed E-state index contributed by atoms with van der Waals surface area (Å²) < 4.78 is 15.3. The average Bonchev–Trinajstić information content (AvgIpc) is 2.75. The van der Waals surface area contributed by atoms with Gasteiger partial charge in [0.05, 0.1) is 16.9 Å². The highest BCUT2D eigenvalue weighted by atomic mass is 35.5. The zero-order chi connectivity index (χ0) is 12.6. The molecule has 1 aromatic heterocycles. The van der Waals surface area contributed by atoms with E-state index >= 15 is 0 Å². The van der Waals surface area contributed by atoms with Crippen LogP contribution in [0.3, 0.4) is 0 Å². The lowest BCUT2D eigenvalue weighted by Gasteiger charge is -2.05. The summed E-state index contributed by atoms with van der Waals surface area (Å²) in [5, 5.41) is 4.23. The second-order valence-corrected chi connectivity index (χ2v) is 4.51. The van der Waals surface area contributed by atoms with Crippen LogP contribution in [0.1, 0.15) is 19.9 Å². The van der Waals surface area contributed by atoms with Crippen molar-refractivity contribution in [2.75, 3.05) is 5.73 Å². The first kappa shape index (κ1) is 11.9. The van der Waals surface area contributed by atoms with Gasteiger partial charge in [-0.1, -0.05) is 17.7 Å². The number of benzene rings is 1. The number of nitrogen functional groups attached to an aromatic ring is 1. The molecule has 5 heteroatoms. The van der Waals surface area contributed by atoms with Crippen LogP contribution in [0.15, 0.2) is 24.5 Å². The Labute approximate surface area is 104 Å². The molecule has 1 aromatic carbocycles. The number of rotatable bonds is 2. The van der Waals surface area contributed by atoms with Gasteiger partial charge in [0.15, 0.2) is 5.82 Å². The summed E-state index contributed by atoms with van der Waals surface area (Å²) in [4.78, 5) is 0. The highest BCUT2D eigenvalue weighted by molar-refractivity contribution is 6.33. The van der Waals surface area contributed by atoms with Crippen LogP contribution in [-0.4, -0.2) is 9.78 Å². The number of halogens is 2. The predicted molar refractivity (Wildman–Crippen MR) is 67.4 cm³/mol. The molecule has 0 aliphatic heterocycles. The SMILES string of the molecule is CC(C)n1cc(-c2ccc(N)c(F)c2Cl)cn1. The number of nitrogens with zero attached hydrogens (tertiary/aromatic N) is 2. The Bertz CT molecular complexity index is 549. The fraction of sp³-hybridized carbons (Fsp3) is 0.250. The Morgan fingerprint density at radius 2 is 2.12 bits per heavy atom. The fourth-order valence-corrected chi connectivity index (χ4v) is 1.83. The molecule has 17 heavy (non-hydrogen) atoms. The maximum atomic E-state index is 13.6. The Balaban J connectivity index is 2.49. The van der Waals surface area contributed by atoms with E-state index in [0.717, 1.165) is 5.56 Å². The summed E-state index contributed by atoms with van der Waals surface area (Å²) in [6.07, 6.45) is 3.50. The highest BCUT2D eigenvalue weighted by Gasteiger charge is 2.13. The van der Waals surface area contributed by atoms with Gasteiger partial charge in [0.1, 0.15) is 0 Å². The molecule has 0 amide bonds. The van der Waals surface area contributed by atoms with Crippen molar-refractivity contribution in [3.8, 4) is 11.1 Å². The van der Waals surface area contributed by atoms with Crippen molar-refractivity contribution in [2.24, 2.45) is 0 Å². The van der Waals surface area contributed by atoms with Gasteiger partial charge in [0.2, 0.25) is 0 Å². The maximum absolute atomic E-state index is 13.6. The van der Waals surface area contributed by atoms with Crippen LogP contribution in [0.25, 0.3) is 11.1 Å². The molecule has 0 saturated carbocycles. The van der Waals surface area contributed by atoms with Gasteiger partial charge in [0.25, 0.3) is 0 Å². The van der Waals surface area contributed by atoms with Gasteiger partial charge in [-0.15, -0.1) is 0 Å². The van der Waals surface area contributed by atoms with Crippen LogP contribution in [-0.2, 0) is 0 Å². The molecule has 2 rings (SSSR count). The van der Waals surface area contributed by atoms with E-state index in [1.807, 2.05) is 20.0 Å². The number of nitrogens with two attached hydrogens (primary N) is 1. The molecule has 0 saturated heterocycles. The van der Waals surface area contributed by atoms with E-state index in [2.05, 4.69) is 5.10 Å². The molecule has 1 heterocycles. The van der Waals surface area contributed by atoms with Gasteiger partial charge in [-0.25, -0.2) is 4.39 Å². The summed E-state index contributed by atoms with van der Waals surface area (Å²) >= 11 is 5.93. The summed E-state index contributed by atoms with van der Waals surface area (Å²) in [6.45, 7) is 4.03. The van der Waals surface area contributed by atoms with E-state index in [9.17, 15) is 4.39 Å². The Morgan fingerprint density at radius 1 is 1.41 bits per heavy atom. The lowest BCUT2D eigenvalue weighted by Crippen LogP contribution is -1.99. The van der Waals surface area contributed by atoms with E-state index in [1.54, 1.807) is 16.9 Å². The molecule has 0 radical (unpaired) electrons. The number of anilines is 1. The largest absolute Gasteiger partial charge is 0.396 e. The molecular formula is C12H13ClFN3. The first-order valence-corrected chi connectivity index (χ1v) is 5.66. The molecule has 0 unspecified atom stereocenters. The van der Waals surface area contributed by atoms with Gasteiger partial charge in [0, 0.05) is 23.4 Å². The van der Waals surface area contributed by atoms with Crippen molar-refractivity contribution in [2.45, 2.75) is 19.9 Å². The summed E-state index contributed by atoms with van der Waals surface area (Å²) in [6, 6.07) is 3.45. The van der Waals surface area contributed by atoms with Crippen LogP contribution in [0, 0.1) is 5.82 Å². The molecule has 2 aromatic rings. The van der Waals surface area contributed by atoms with E-state index in [1.165, 1.54) is 6.07 Å². The van der Waals surface area contributed by atoms with E-state index in [4.69, 9.17) is 17.3 Å². The Morgan fingerprint density at radius 3 is 2.71 bits per heavy atom. The van der Waals surface area contributed by atoms with Crippen LogP contribution in [0.4, 0.5) is 10.1 Å². The minimum Gasteiger partial charge on any atom is -0.396 e. The quantitative estimate of drug-likeness (QED) is 0.833. The van der Waals surface area contributed by atoms with Crippen LogP contribution in [0.2, 0.25) is 5.02 Å². The van der Waals surface area contributed by atoms with Gasteiger partial charge in [-0.3, -0.25) is 4.68 Å². The molecule has 2 N–H and O–H groups in total.